The normalized spacial score (nSPS) is 22.3. The maximum absolute atomic E-state index is 12.1. The maximum atomic E-state index is 12.1. The van der Waals surface area contributed by atoms with E-state index in [1.54, 1.807) is 0 Å². The second-order valence-corrected chi connectivity index (χ2v) is 5.68. The van der Waals surface area contributed by atoms with Crippen LogP contribution in [0.2, 0.25) is 0 Å². The number of terminal acetylenes is 1. The van der Waals surface area contributed by atoms with Crippen LogP contribution in [0.5, 0.6) is 0 Å². The molecule has 1 fully saturated rings. The lowest BCUT2D eigenvalue weighted by atomic mass is 9.92. The highest BCUT2D eigenvalue weighted by molar-refractivity contribution is 5.80. The van der Waals surface area contributed by atoms with E-state index in [0.29, 0.717) is 19.1 Å². The summed E-state index contributed by atoms with van der Waals surface area (Å²) in [6.07, 6.45) is 9.03. The zero-order valence-corrected chi connectivity index (χ0v) is 13.2. The Morgan fingerprint density at radius 3 is 2.76 bits per heavy atom. The highest BCUT2D eigenvalue weighted by Gasteiger charge is 2.30. The summed E-state index contributed by atoms with van der Waals surface area (Å²) in [6.45, 7) is 6.14. The lowest BCUT2D eigenvalue weighted by Crippen LogP contribution is -2.50. The Bertz CT molecular complexity index is 389. The van der Waals surface area contributed by atoms with E-state index in [2.05, 4.69) is 35.3 Å². The summed E-state index contributed by atoms with van der Waals surface area (Å²) in [5.74, 6) is 2.41. The first-order valence-corrected chi connectivity index (χ1v) is 7.80. The smallest absolute Gasteiger partial charge is 0.234 e. The Kier molecular flexibility index (Phi) is 7.84. The van der Waals surface area contributed by atoms with Gasteiger partial charge in [-0.3, -0.25) is 14.5 Å². The average molecular weight is 293 g/mol. The number of amides is 2. The maximum Gasteiger partial charge on any atom is 0.234 e. The van der Waals surface area contributed by atoms with Crippen molar-refractivity contribution in [2.45, 2.75) is 45.6 Å². The molecule has 0 spiro atoms. The minimum Gasteiger partial charge on any atom is -0.356 e. The van der Waals surface area contributed by atoms with Gasteiger partial charge < -0.3 is 10.6 Å². The molecule has 118 valence electrons. The first-order valence-electron chi connectivity index (χ1n) is 7.80. The molecule has 0 aliphatic carbocycles. The Morgan fingerprint density at radius 1 is 1.33 bits per heavy atom. The van der Waals surface area contributed by atoms with Gasteiger partial charge in [0.15, 0.2) is 0 Å². The molecule has 2 atom stereocenters. The van der Waals surface area contributed by atoms with Crippen LogP contribution in [-0.2, 0) is 9.59 Å². The molecular weight excluding hydrogens is 266 g/mol. The summed E-state index contributed by atoms with van der Waals surface area (Å²) >= 11 is 0. The molecule has 1 heterocycles. The molecule has 1 rings (SSSR count). The fourth-order valence-corrected chi connectivity index (χ4v) is 2.54. The molecule has 0 bridgehead atoms. The molecule has 0 unspecified atom stereocenters. The number of hydrogen-bond acceptors (Lipinski definition) is 3. The van der Waals surface area contributed by atoms with Gasteiger partial charge in [0.1, 0.15) is 0 Å². The van der Waals surface area contributed by atoms with Crippen molar-refractivity contribution >= 4 is 11.8 Å². The summed E-state index contributed by atoms with van der Waals surface area (Å²) in [5, 5.41) is 5.65. The van der Waals surface area contributed by atoms with Crippen molar-refractivity contribution in [3.8, 4) is 12.3 Å². The number of rotatable bonds is 7. The summed E-state index contributed by atoms with van der Waals surface area (Å²) in [6, 6.07) is 0.321. The van der Waals surface area contributed by atoms with Gasteiger partial charge in [-0.15, -0.1) is 6.42 Å². The Balaban J connectivity index is 2.44. The van der Waals surface area contributed by atoms with E-state index in [1.807, 2.05) is 0 Å². The first-order chi connectivity index (χ1) is 10.1. The molecule has 2 amide bonds. The molecule has 0 aromatic heterocycles. The highest BCUT2D eigenvalue weighted by Crippen LogP contribution is 2.21. The van der Waals surface area contributed by atoms with Crippen molar-refractivity contribution in [1.82, 2.24) is 15.5 Å². The number of nitrogens with one attached hydrogen (secondary N) is 2. The van der Waals surface area contributed by atoms with Gasteiger partial charge in [-0.2, -0.15) is 0 Å². The summed E-state index contributed by atoms with van der Waals surface area (Å²) in [5.41, 5.74) is 0. The van der Waals surface area contributed by atoms with E-state index < -0.39 is 0 Å². The van der Waals surface area contributed by atoms with Gasteiger partial charge in [0.2, 0.25) is 11.8 Å². The van der Waals surface area contributed by atoms with Gasteiger partial charge in [-0.1, -0.05) is 19.3 Å². The number of likely N-dealkylation sites (tertiary alicyclic amines) is 1. The van der Waals surface area contributed by atoms with Crippen LogP contribution in [0.15, 0.2) is 0 Å². The zero-order chi connectivity index (χ0) is 15.7. The third-order valence-electron chi connectivity index (χ3n) is 3.95. The number of carbonyl (C=O) groups is 2. The van der Waals surface area contributed by atoms with Crippen molar-refractivity contribution in [3.63, 3.8) is 0 Å². The van der Waals surface area contributed by atoms with Gasteiger partial charge >= 0.3 is 0 Å². The largest absolute Gasteiger partial charge is 0.356 e. The summed E-state index contributed by atoms with van der Waals surface area (Å²) < 4.78 is 0. The molecule has 0 radical (unpaired) electrons. The van der Waals surface area contributed by atoms with Crippen molar-refractivity contribution in [2.24, 2.45) is 5.92 Å². The van der Waals surface area contributed by atoms with Crippen LogP contribution in [0.25, 0.3) is 0 Å². The van der Waals surface area contributed by atoms with Gasteiger partial charge in [0.05, 0.1) is 19.0 Å². The molecule has 5 heteroatoms. The Morgan fingerprint density at radius 2 is 2.10 bits per heavy atom. The second kappa shape index (κ2) is 9.41. The van der Waals surface area contributed by atoms with Crippen molar-refractivity contribution in [1.29, 1.82) is 0 Å². The topological polar surface area (TPSA) is 61.4 Å². The molecule has 0 aromatic rings. The van der Waals surface area contributed by atoms with Crippen LogP contribution in [0, 0.1) is 18.3 Å². The average Bonchev–Trinajstić information content (AvgIpc) is 2.47. The molecular formula is C16H27N3O2. The SMILES string of the molecule is C#CCNC(=O)CN1C[C@H](C(=O)NCCCC)CC[C@H]1C. The molecule has 1 aliphatic rings. The van der Waals surface area contributed by atoms with E-state index in [-0.39, 0.29) is 24.3 Å². The zero-order valence-electron chi connectivity index (χ0n) is 13.2. The monoisotopic (exact) mass is 293 g/mol. The molecule has 2 N–H and O–H groups in total. The van der Waals surface area contributed by atoms with Crippen molar-refractivity contribution in [3.05, 3.63) is 0 Å². The fraction of sp³-hybridized carbons (Fsp3) is 0.750. The first kappa shape index (κ1) is 17.5. The Labute approximate surface area is 127 Å². The van der Waals surface area contributed by atoms with E-state index in [4.69, 9.17) is 6.42 Å². The number of nitrogens with zero attached hydrogens (tertiary/aromatic N) is 1. The predicted molar refractivity (Wildman–Crippen MR) is 83.5 cm³/mol. The number of carbonyl (C=O) groups excluding carboxylic acids is 2. The summed E-state index contributed by atoms with van der Waals surface area (Å²) in [7, 11) is 0. The van der Waals surface area contributed by atoms with Crippen LogP contribution < -0.4 is 10.6 Å². The van der Waals surface area contributed by atoms with Crippen LogP contribution in [0.1, 0.15) is 39.5 Å². The lowest BCUT2D eigenvalue weighted by molar-refractivity contribution is -0.129. The molecule has 1 saturated heterocycles. The van der Waals surface area contributed by atoms with E-state index in [9.17, 15) is 9.59 Å². The predicted octanol–water partition coefficient (Wildman–Crippen LogP) is 0.753. The molecule has 21 heavy (non-hydrogen) atoms. The van der Waals surface area contributed by atoms with E-state index in [0.717, 1.165) is 32.2 Å². The van der Waals surface area contributed by atoms with Gasteiger partial charge in [0, 0.05) is 19.1 Å². The van der Waals surface area contributed by atoms with Crippen LogP contribution >= 0.6 is 0 Å². The third-order valence-corrected chi connectivity index (χ3v) is 3.95. The molecule has 0 aromatic carbocycles. The lowest BCUT2D eigenvalue weighted by Gasteiger charge is -2.36. The van der Waals surface area contributed by atoms with Crippen LogP contribution in [0.4, 0.5) is 0 Å². The van der Waals surface area contributed by atoms with Crippen molar-refractivity contribution in [2.75, 3.05) is 26.2 Å². The standard InChI is InChI=1S/C16H27N3O2/c1-4-6-10-18-16(21)14-8-7-13(3)19(11-14)12-15(20)17-9-5-2/h2,13-14H,4,6-12H2,1,3H3,(H,17,20)(H,18,21)/t13-,14-/m1/s1. The second-order valence-electron chi connectivity index (χ2n) is 5.68. The molecule has 5 nitrogen and oxygen atoms in total. The minimum atomic E-state index is -0.0770. The fourth-order valence-electron chi connectivity index (χ4n) is 2.54. The number of unbranched alkanes of at least 4 members (excludes halogenated alkanes) is 1. The quantitative estimate of drug-likeness (QED) is 0.538. The van der Waals surface area contributed by atoms with Gasteiger partial charge in [-0.05, 0) is 26.2 Å². The minimum absolute atomic E-state index is 0.0153. The van der Waals surface area contributed by atoms with E-state index >= 15 is 0 Å². The number of hydrogen-bond donors (Lipinski definition) is 2. The summed E-state index contributed by atoms with van der Waals surface area (Å²) in [4.78, 5) is 25.9. The molecule has 0 saturated carbocycles. The number of piperidine rings is 1. The van der Waals surface area contributed by atoms with Gasteiger partial charge in [-0.25, -0.2) is 0 Å². The van der Waals surface area contributed by atoms with Crippen LogP contribution in [-0.4, -0.2) is 48.9 Å². The Hall–Kier alpha value is -1.54. The van der Waals surface area contributed by atoms with Gasteiger partial charge in [0.25, 0.3) is 0 Å². The van der Waals surface area contributed by atoms with Crippen LogP contribution in [0.3, 0.4) is 0 Å². The van der Waals surface area contributed by atoms with E-state index in [1.165, 1.54) is 0 Å². The highest BCUT2D eigenvalue weighted by atomic mass is 16.2. The van der Waals surface area contributed by atoms with Crippen molar-refractivity contribution < 1.29 is 9.59 Å². The molecule has 1 aliphatic heterocycles. The third kappa shape index (κ3) is 6.17.